The molecule has 1 heterocycles. The number of rotatable bonds is 6. The molecule has 0 spiro atoms. The molecule has 2 rings (SSSR count). The number of hydrogen-bond donors (Lipinski definition) is 2. The summed E-state index contributed by atoms with van der Waals surface area (Å²) in [5, 5.41) is 19.7. The molecular weight excluding hydrogens is 258 g/mol. The van der Waals surface area contributed by atoms with Gasteiger partial charge < -0.3 is 10.2 Å². The third kappa shape index (κ3) is 3.47. The molecule has 1 unspecified atom stereocenters. The van der Waals surface area contributed by atoms with Crippen molar-refractivity contribution >= 4 is 11.9 Å². The van der Waals surface area contributed by atoms with Crippen LogP contribution in [0.15, 0.2) is 42.5 Å². The van der Waals surface area contributed by atoms with E-state index in [9.17, 15) is 10.2 Å². The fourth-order valence-corrected chi connectivity index (χ4v) is 3.12. The molecule has 0 amide bonds. The van der Waals surface area contributed by atoms with Crippen LogP contribution < -0.4 is 0 Å². The molecule has 1 aromatic heterocycles. The lowest BCUT2D eigenvalue weighted by atomic mass is 10.1. The lowest BCUT2D eigenvalue weighted by molar-refractivity contribution is 0.415. The van der Waals surface area contributed by atoms with E-state index in [-0.39, 0.29) is 17.0 Å². The zero-order valence-electron chi connectivity index (χ0n) is 11.0. The van der Waals surface area contributed by atoms with Crippen LogP contribution in [-0.4, -0.2) is 14.2 Å². The van der Waals surface area contributed by atoms with Crippen molar-refractivity contribution in [1.29, 1.82) is 0 Å². The summed E-state index contributed by atoms with van der Waals surface area (Å²) in [7, 11) is 0. The van der Waals surface area contributed by atoms with E-state index in [4.69, 9.17) is 0 Å². The van der Waals surface area contributed by atoms with Gasteiger partial charge >= 0.3 is 0 Å². The lowest BCUT2D eigenvalue weighted by Gasteiger charge is -2.18. The Kier molecular flexibility index (Phi) is 4.80. The first-order chi connectivity index (χ1) is 9.22. The maximum absolute atomic E-state index is 9.73. The van der Waals surface area contributed by atoms with Crippen LogP contribution in [0.25, 0.3) is 0 Å². The molecule has 0 aliphatic heterocycles. The molecule has 1 atom stereocenters. The topological polar surface area (TPSA) is 45.4 Å². The first kappa shape index (κ1) is 13.9. The Hall–Kier alpha value is -1.55. The fourth-order valence-electron chi connectivity index (χ4n) is 1.97. The molecule has 102 valence electrons. The number of hydrogen-bond acceptors (Lipinski definition) is 3. The Morgan fingerprint density at radius 3 is 2.26 bits per heavy atom. The van der Waals surface area contributed by atoms with E-state index in [2.05, 4.69) is 19.1 Å². The second kappa shape index (κ2) is 6.57. The van der Waals surface area contributed by atoms with Gasteiger partial charge in [0.15, 0.2) is 0 Å². The number of benzene rings is 1. The van der Waals surface area contributed by atoms with Crippen molar-refractivity contribution < 1.29 is 10.2 Å². The lowest BCUT2D eigenvalue weighted by Crippen LogP contribution is -1.98. The molecular formula is C15H19NO2S. The molecule has 4 heteroatoms. The second-order valence-electron chi connectivity index (χ2n) is 4.49. The van der Waals surface area contributed by atoms with Gasteiger partial charge in [0.25, 0.3) is 0 Å². The van der Waals surface area contributed by atoms with Gasteiger partial charge in [-0.15, -0.1) is 0 Å². The van der Waals surface area contributed by atoms with E-state index in [1.807, 2.05) is 18.2 Å². The third-order valence-corrected chi connectivity index (χ3v) is 4.37. The predicted octanol–water partition coefficient (Wildman–Crippen LogP) is 4.33. The fraction of sp³-hybridized carbons (Fsp3) is 0.333. The Morgan fingerprint density at radius 2 is 1.68 bits per heavy atom. The van der Waals surface area contributed by atoms with Crippen LogP contribution in [0.2, 0.25) is 0 Å². The van der Waals surface area contributed by atoms with Gasteiger partial charge in [-0.05, 0) is 23.9 Å². The van der Waals surface area contributed by atoms with E-state index in [1.165, 1.54) is 33.6 Å². The van der Waals surface area contributed by atoms with Crippen molar-refractivity contribution in [2.24, 2.45) is 0 Å². The minimum absolute atomic E-state index is 0.0833. The normalized spacial score (nSPS) is 12.5. The summed E-state index contributed by atoms with van der Waals surface area (Å²) in [6.07, 6.45) is 3.27. The summed E-state index contributed by atoms with van der Waals surface area (Å²) >= 11 is 1.46. The quantitative estimate of drug-likeness (QED) is 0.826. The molecule has 0 saturated heterocycles. The zero-order chi connectivity index (χ0) is 13.7. The van der Waals surface area contributed by atoms with E-state index in [0.717, 1.165) is 19.3 Å². The molecule has 0 aliphatic rings. The van der Waals surface area contributed by atoms with Crippen LogP contribution in [0.5, 0.6) is 11.8 Å². The van der Waals surface area contributed by atoms with Crippen LogP contribution >= 0.6 is 11.9 Å². The smallest absolute Gasteiger partial charge is 0.204 e. The van der Waals surface area contributed by atoms with Crippen molar-refractivity contribution in [2.45, 2.75) is 31.4 Å². The summed E-state index contributed by atoms with van der Waals surface area (Å²) < 4.78 is 1.48. The molecule has 1 aromatic carbocycles. The van der Waals surface area contributed by atoms with Crippen molar-refractivity contribution in [3.63, 3.8) is 0 Å². The molecule has 0 aliphatic carbocycles. The Morgan fingerprint density at radius 1 is 1.05 bits per heavy atom. The van der Waals surface area contributed by atoms with Gasteiger partial charge in [-0.25, -0.2) is 3.97 Å². The number of nitrogens with zero attached hydrogens (tertiary/aromatic N) is 1. The van der Waals surface area contributed by atoms with Crippen molar-refractivity contribution in [3.05, 3.63) is 48.0 Å². The monoisotopic (exact) mass is 277 g/mol. The van der Waals surface area contributed by atoms with Gasteiger partial charge in [-0.2, -0.15) is 0 Å². The maximum Gasteiger partial charge on any atom is 0.204 e. The minimum Gasteiger partial charge on any atom is -0.494 e. The summed E-state index contributed by atoms with van der Waals surface area (Å²) in [6, 6.07) is 13.2. The minimum atomic E-state index is 0.0833. The Bertz CT molecular complexity index is 491. The van der Waals surface area contributed by atoms with Crippen LogP contribution in [0.4, 0.5) is 0 Å². The van der Waals surface area contributed by atoms with Crippen LogP contribution in [0, 0.1) is 0 Å². The van der Waals surface area contributed by atoms with Crippen molar-refractivity contribution in [1.82, 2.24) is 3.97 Å². The standard InChI is InChI=1S/C15H19NO2S/c1-2-3-9-13(12-7-5-4-6-8-12)19-16-14(17)10-11-15(16)18/h4-8,10-11,13,17-18H,2-3,9H2,1H3. The van der Waals surface area contributed by atoms with E-state index >= 15 is 0 Å². The van der Waals surface area contributed by atoms with Crippen molar-refractivity contribution in [2.75, 3.05) is 0 Å². The maximum atomic E-state index is 9.73. The van der Waals surface area contributed by atoms with Gasteiger partial charge in [0, 0.05) is 12.1 Å². The molecule has 0 fully saturated rings. The average Bonchev–Trinajstić information content (AvgIpc) is 2.75. The number of unbranched alkanes of at least 4 members (excludes halogenated alkanes) is 1. The molecule has 2 aromatic rings. The summed E-state index contributed by atoms with van der Waals surface area (Å²) in [5.41, 5.74) is 1.22. The summed E-state index contributed by atoms with van der Waals surface area (Å²) in [6.45, 7) is 2.16. The van der Waals surface area contributed by atoms with Gasteiger partial charge in [-0.3, -0.25) is 0 Å². The van der Waals surface area contributed by atoms with Crippen molar-refractivity contribution in [3.8, 4) is 11.8 Å². The van der Waals surface area contributed by atoms with E-state index in [0.29, 0.717) is 0 Å². The van der Waals surface area contributed by atoms with E-state index < -0.39 is 0 Å². The molecule has 3 nitrogen and oxygen atoms in total. The van der Waals surface area contributed by atoms with E-state index in [1.54, 1.807) is 0 Å². The second-order valence-corrected chi connectivity index (χ2v) is 5.64. The van der Waals surface area contributed by atoms with Crippen LogP contribution in [0.1, 0.15) is 37.0 Å². The van der Waals surface area contributed by atoms with Gasteiger partial charge in [0.2, 0.25) is 11.8 Å². The third-order valence-electron chi connectivity index (χ3n) is 3.02. The zero-order valence-corrected chi connectivity index (χ0v) is 11.8. The predicted molar refractivity (Wildman–Crippen MR) is 79.5 cm³/mol. The highest BCUT2D eigenvalue weighted by Gasteiger charge is 2.16. The first-order valence-corrected chi connectivity index (χ1v) is 7.37. The van der Waals surface area contributed by atoms with Gasteiger partial charge in [0.05, 0.1) is 5.25 Å². The largest absolute Gasteiger partial charge is 0.494 e. The molecule has 0 saturated carbocycles. The Labute approximate surface area is 118 Å². The number of aromatic hydroxyl groups is 2. The highest BCUT2D eigenvalue weighted by Crippen LogP contribution is 2.39. The highest BCUT2D eigenvalue weighted by atomic mass is 32.2. The highest BCUT2D eigenvalue weighted by molar-refractivity contribution is 7.98. The molecule has 2 N–H and O–H groups in total. The summed E-state index contributed by atoms with van der Waals surface area (Å²) in [4.78, 5) is 0. The molecule has 0 bridgehead atoms. The number of aromatic nitrogens is 1. The van der Waals surface area contributed by atoms with Crippen LogP contribution in [-0.2, 0) is 0 Å². The first-order valence-electron chi connectivity index (χ1n) is 6.54. The molecule has 19 heavy (non-hydrogen) atoms. The van der Waals surface area contributed by atoms with Crippen LogP contribution in [0.3, 0.4) is 0 Å². The summed E-state index contributed by atoms with van der Waals surface area (Å²) in [5.74, 6) is 0.167. The molecule has 0 radical (unpaired) electrons. The average molecular weight is 277 g/mol. The van der Waals surface area contributed by atoms with Gasteiger partial charge in [-0.1, -0.05) is 50.1 Å². The van der Waals surface area contributed by atoms with Gasteiger partial charge in [0.1, 0.15) is 0 Å². The SMILES string of the molecule is CCCCC(Sn1c(O)ccc1O)c1ccccc1. The Balaban J connectivity index is 2.19.